The molecule has 0 bridgehead atoms. The predicted molar refractivity (Wildman–Crippen MR) is 77.6 cm³/mol. The maximum atomic E-state index is 12.7. The number of hydrogen-bond acceptors (Lipinski definition) is 4. The summed E-state index contributed by atoms with van der Waals surface area (Å²) in [7, 11) is 0. The largest absolute Gasteiger partial charge is 0.480 e. The smallest absolute Gasteiger partial charge is 0.326 e. The van der Waals surface area contributed by atoms with Crippen molar-refractivity contribution in [2.24, 2.45) is 23.0 Å². The zero-order chi connectivity index (χ0) is 16.0. The van der Waals surface area contributed by atoms with Crippen molar-refractivity contribution in [2.45, 2.75) is 58.2 Å². The van der Waals surface area contributed by atoms with Gasteiger partial charge in [-0.2, -0.15) is 0 Å². The molecule has 5 atom stereocenters. The number of rotatable bonds is 5. The lowest BCUT2D eigenvalue weighted by Gasteiger charge is -2.60. The Morgan fingerprint density at radius 1 is 1.48 bits per heavy atom. The summed E-state index contributed by atoms with van der Waals surface area (Å²) in [6.07, 6.45) is 1.41. The van der Waals surface area contributed by atoms with Gasteiger partial charge in [-0.05, 0) is 12.3 Å². The fraction of sp³-hybridized carbons (Fsp3) is 0.867. The van der Waals surface area contributed by atoms with E-state index < -0.39 is 23.0 Å². The molecule has 2 aliphatic rings. The molecule has 1 aliphatic carbocycles. The fourth-order valence-corrected chi connectivity index (χ4v) is 3.79. The van der Waals surface area contributed by atoms with Crippen LogP contribution in [-0.4, -0.2) is 41.3 Å². The van der Waals surface area contributed by atoms with E-state index >= 15 is 0 Å². The van der Waals surface area contributed by atoms with E-state index in [0.717, 1.165) is 6.42 Å². The normalized spacial score (nSPS) is 36.2. The Labute approximate surface area is 125 Å². The fourth-order valence-electron chi connectivity index (χ4n) is 3.79. The van der Waals surface area contributed by atoms with Gasteiger partial charge in [-0.15, -0.1) is 0 Å². The number of carboxylic acids is 1. The summed E-state index contributed by atoms with van der Waals surface area (Å²) in [6, 6.07) is -0.903. The molecule has 1 aliphatic heterocycles. The van der Waals surface area contributed by atoms with E-state index in [1.54, 1.807) is 0 Å². The second-order valence-electron chi connectivity index (χ2n) is 6.95. The Balaban J connectivity index is 2.17. The molecule has 0 spiro atoms. The van der Waals surface area contributed by atoms with Gasteiger partial charge in [0.25, 0.3) is 0 Å². The molecule has 1 heterocycles. The van der Waals surface area contributed by atoms with Gasteiger partial charge in [0.15, 0.2) is 0 Å². The second-order valence-corrected chi connectivity index (χ2v) is 6.95. The van der Waals surface area contributed by atoms with Crippen molar-refractivity contribution in [1.82, 2.24) is 5.32 Å². The van der Waals surface area contributed by atoms with Gasteiger partial charge in [0.05, 0.1) is 6.10 Å². The highest BCUT2D eigenvalue weighted by atomic mass is 16.5. The number of fused-ring (bicyclic) bond motifs is 1. The number of amides is 1. The van der Waals surface area contributed by atoms with Crippen molar-refractivity contribution in [3.63, 3.8) is 0 Å². The third-order valence-corrected chi connectivity index (χ3v) is 5.60. The monoisotopic (exact) mass is 298 g/mol. The number of carbonyl (C=O) groups is 2. The van der Waals surface area contributed by atoms with Crippen LogP contribution in [0.1, 0.15) is 40.5 Å². The van der Waals surface area contributed by atoms with Crippen molar-refractivity contribution in [3.8, 4) is 0 Å². The quantitative estimate of drug-likeness (QED) is 0.695. The molecule has 120 valence electrons. The minimum atomic E-state index is -1.06. The van der Waals surface area contributed by atoms with E-state index in [0.29, 0.717) is 13.0 Å². The Morgan fingerprint density at radius 3 is 2.62 bits per heavy atom. The van der Waals surface area contributed by atoms with Gasteiger partial charge in [-0.1, -0.05) is 34.1 Å². The Morgan fingerprint density at radius 2 is 2.10 bits per heavy atom. The van der Waals surface area contributed by atoms with Crippen LogP contribution in [0.4, 0.5) is 0 Å². The average Bonchev–Trinajstić information content (AvgIpc) is 2.90. The first kappa shape index (κ1) is 16.2. The number of nitrogens with two attached hydrogens (primary N) is 1. The first-order valence-electron chi connectivity index (χ1n) is 7.62. The van der Waals surface area contributed by atoms with Crippen LogP contribution in [0, 0.1) is 17.3 Å². The topological polar surface area (TPSA) is 102 Å². The van der Waals surface area contributed by atoms with E-state index in [2.05, 4.69) is 5.32 Å². The van der Waals surface area contributed by atoms with E-state index in [4.69, 9.17) is 10.5 Å². The summed E-state index contributed by atoms with van der Waals surface area (Å²) in [4.78, 5) is 24.1. The van der Waals surface area contributed by atoms with Crippen LogP contribution in [-0.2, 0) is 14.3 Å². The summed E-state index contributed by atoms with van der Waals surface area (Å²) >= 11 is 0. The number of carbonyl (C=O) groups excluding carboxylic acids is 1. The van der Waals surface area contributed by atoms with Crippen molar-refractivity contribution in [1.29, 1.82) is 0 Å². The van der Waals surface area contributed by atoms with Gasteiger partial charge in [-0.3, -0.25) is 4.79 Å². The average molecular weight is 298 g/mol. The van der Waals surface area contributed by atoms with Crippen molar-refractivity contribution < 1.29 is 19.4 Å². The molecule has 4 N–H and O–H groups in total. The minimum Gasteiger partial charge on any atom is -0.480 e. The summed E-state index contributed by atoms with van der Waals surface area (Å²) in [5.41, 5.74) is 4.86. The van der Waals surface area contributed by atoms with Gasteiger partial charge in [0, 0.05) is 17.9 Å². The Kier molecular flexibility index (Phi) is 4.06. The molecule has 0 aromatic rings. The molecule has 1 saturated heterocycles. The Hall–Kier alpha value is -1.14. The van der Waals surface area contributed by atoms with Gasteiger partial charge < -0.3 is 20.9 Å². The molecule has 21 heavy (non-hydrogen) atoms. The highest BCUT2D eigenvalue weighted by molar-refractivity contribution is 5.92. The van der Waals surface area contributed by atoms with Gasteiger partial charge in [0.2, 0.25) is 5.91 Å². The number of carboxylic acid groups (broad SMARTS) is 1. The van der Waals surface area contributed by atoms with Crippen LogP contribution < -0.4 is 11.1 Å². The molecule has 2 rings (SSSR count). The van der Waals surface area contributed by atoms with Gasteiger partial charge >= 0.3 is 5.97 Å². The van der Waals surface area contributed by atoms with E-state index in [9.17, 15) is 14.7 Å². The number of ether oxygens (including phenoxy) is 1. The lowest BCUT2D eigenvalue weighted by atomic mass is 9.48. The van der Waals surface area contributed by atoms with E-state index in [-0.39, 0.29) is 23.8 Å². The molecule has 2 fully saturated rings. The maximum Gasteiger partial charge on any atom is 0.326 e. The van der Waals surface area contributed by atoms with Crippen molar-refractivity contribution >= 4 is 11.9 Å². The van der Waals surface area contributed by atoms with Crippen LogP contribution in [0.2, 0.25) is 0 Å². The highest BCUT2D eigenvalue weighted by Crippen LogP contribution is 2.58. The van der Waals surface area contributed by atoms with E-state index in [1.807, 2.05) is 27.7 Å². The van der Waals surface area contributed by atoms with Crippen molar-refractivity contribution in [2.75, 3.05) is 6.61 Å². The summed E-state index contributed by atoms with van der Waals surface area (Å²) in [6.45, 7) is 8.16. The van der Waals surface area contributed by atoms with Gasteiger partial charge in [-0.25, -0.2) is 4.79 Å². The minimum absolute atomic E-state index is 0.0138. The first-order chi connectivity index (χ1) is 9.67. The summed E-state index contributed by atoms with van der Waals surface area (Å²) in [5.74, 6) is -1.56. The van der Waals surface area contributed by atoms with Crippen LogP contribution in [0.3, 0.4) is 0 Å². The standard InChI is InChI=1S/C15H26N2O4/c1-5-8(2)10(12(18)19)17-13(20)15(16)9-6-7-21-11(9)14(15,3)4/h8-11H,5-7,16H2,1-4H3,(H,17,20)(H,18,19). The molecule has 0 radical (unpaired) electrons. The number of hydrogen-bond donors (Lipinski definition) is 3. The molecule has 1 saturated carbocycles. The van der Waals surface area contributed by atoms with Crippen molar-refractivity contribution in [3.05, 3.63) is 0 Å². The first-order valence-corrected chi connectivity index (χ1v) is 7.62. The number of aliphatic carboxylic acids is 1. The third kappa shape index (κ3) is 2.16. The lowest BCUT2D eigenvalue weighted by molar-refractivity contribution is -0.177. The molecule has 6 heteroatoms. The van der Waals surface area contributed by atoms with Crippen LogP contribution in [0.15, 0.2) is 0 Å². The lowest BCUT2D eigenvalue weighted by Crippen LogP contribution is -2.80. The van der Waals surface area contributed by atoms with E-state index in [1.165, 1.54) is 0 Å². The Bertz CT molecular complexity index is 451. The van der Waals surface area contributed by atoms with Crippen LogP contribution in [0.25, 0.3) is 0 Å². The van der Waals surface area contributed by atoms with Crippen LogP contribution in [0.5, 0.6) is 0 Å². The highest BCUT2D eigenvalue weighted by Gasteiger charge is 2.71. The molecule has 6 nitrogen and oxygen atoms in total. The summed E-state index contributed by atoms with van der Waals surface area (Å²) in [5, 5.41) is 12.0. The second kappa shape index (κ2) is 5.25. The number of nitrogens with one attached hydrogen (secondary N) is 1. The molecule has 1 amide bonds. The van der Waals surface area contributed by atoms with Gasteiger partial charge in [0.1, 0.15) is 11.6 Å². The van der Waals surface area contributed by atoms with Crippen LogP contribution >= 0.6 is 0 Å². The zero-order valence-electron chi connectivity index (χ0n) is 13.2. The predicted octanol–water partition coefficient (Wildman–Crippen LogP) is 0.744. The summed E-state index contributed by atoms with van der Waals surface area (Å²) < 4.78 is 5.66. The molecule has 5 unspecified atom stereocenters. The molecule has 0 aromatic heterocycles. The molecule has 0 aromatic carbocycles. The maximum absolute atomic E-state index is 12.7. The third-order valence-electron chi connectivity index (χ3n) is 5.60. The molecular weight excluding hydrogens is 272 g/mol. The SMILES string of the molecule is CCC(C)C(NC(=O)C1(N)C2CCOC2C1(C)C)C(=O)O. The zero-order valence-corrected chi connectivity index (χ0v) is 13.2. The molecular formula is C15H26N2O4.